The fourth-order valence-electron chi connectivity index (χ4n) is 3.30. The van der Waals surface area contributed by atoms with E-state index in [2.05, 4.69) is 16.0 Å². The second-order valence-corrected chi connectivity index (χ2v) is 7.61. The molecule has 5 N–H and O–H groups in total. The Morgan fingerprint density at radius 3 is 1.62 bits per heavy atom. The van der Waals surface area contributed by atoms with Crippen molar-refractivity contribution in [2.24, 2.45) is 0 Å². The van der Waals surface area contributed by atoms with Crippen molar-refractivity contribution in [1.29, 1.82) is 0 Å². The number of ether oxygens (including phenoxy) is 1. The van der Waals surface area contributed by atoms with Crippen LogP contribution in [0, 0.1) is 0 Å². The maximum Gasteiger partial charge on any atom is 0.323 e. The highest BCUT2D eigenvalue weighted by atomic mass is 16.5. The van der Waals surface area contributed by atoms with Crippen molar-refractivity contribution in [2.75, 3.05) is 21.7 Å². The summed E-state index contributed by atoms with van der Waals surface area (Å²) in [6.07, 6.45) is 1.40. The van der Waals surface area contributed by atoms with Crippen molar-refractivity contribution in [1.82, 2.24) is 0 Å². The molecule has 0 aliphatic rings. The number of amides is 3. The fourth-order valence-corrected chi connectivity index (χ4v) is 3.30. The minimum absolute atomic E-state index is 0.335. The van der Waals surface area contributed by atoms with Gasteiger partial charge in [0.1, 0.15) is 11.5 Å². The van der Waals surface area contributed by atoms with Crippen molar-refractivity contribution in [3.63, 3.8) is 0 Å². The van der Waals surface area contributed by atoms with E-state index in [0.29, 0.717) is 35.0 Å². The zero-order valence-corrected chi connectivity index (χ0v) is 18.3. The van der Waals surface area contributed by atoms with Gasteiger partial charge in [0.25, 0.3) is 0 Å². The van der Waals surface area contributed by atoms with E-state index < -0.39 is 0 Å². The van der Waals surface area contributed by atoms with Gasteiger partial charge in [-0.3, -0.25) is 4.79 Å². The quantitative estimate of drug-likeness (QED) is 0.198. The molecule has 0 radical (unpaired) electrons. The minimum Gasteiger partial charge on any atom is -0.457 e. The van der Waals surface area contributed by atoms with Crippen LogP contribution >= 0.6 is 0 Å². The van der Waals surface area contributed by atoms with Gasteiger partial charge in [0.2, 0.25) is 6.41 Å². The zero-order valence-electron chi connectivity index (χ0n) is 18.3. The van der Waals surface area contributed by atoms with Crippen LogP contribution in [0.3, 0.4) is 0 Å². The molecule has 7 heteroatoms. The van der Waals surface area contributed by atoms with Crippen LogP contribution < -0.4 is 26.4 Å². The number of nitrogens with two attached hydrogens (primary N) is 1. The molecular formula is C27H24N4O3. The van der Waals surface area contributed by atoms with Gasteiger partial charge >= 0.3 is 6.03 Å². The van der Waals surface area contributed by atoms with Crippen LogP contribution in [0.5, 0.6) is 11.5 Å². The monoisotopic (exact) mass is 452 g/mol. The van der Waals surface area contributed by atoms with Crippen molar-refractivity contribution in [3.05, 3.63) is 108 Å². The predicted molar refractivity (Wildman–Crippen MR) is 135 cm³/mol. The molecule has 3 amide bonds. The van der Waals surface area contributed by atoms with E-state index in [4.69, 9.17) is 10.5 Å². The number of anilines is 4. The molecule has 7 nitrogen and oxygen atoms in total. The molecule has 0 heterocycles. The predicted octanol–water partition coefficient (Wildman–Crippen LogP) is 5.86. The first kappa shape index (κ1) is 22.4. The van der Waals surface area contributed by atoms with Crippen LogP contribution in [0.4, 0.5) is 27.5 Å². The molecule has 0 aliphatic heterocycles. The maximum atomic E-state index is 12.4. The summed E-state index contributed by atoms with van der Waals surface area (Å²) in [4.78, 5) is 22.8. The average Bonchev–Trinajstić information content (AvgIpc) is 2.84. The van der Waals surface area contributed by atoms with Crippen LogP contribution in [0.2, 0.25) is 0 Å². The summed E-state index contributed by atoms with van der Waals surface area (Å²) in [7, 11) is 0. The average molecular weight is 453 g/mol. The molecule has 4 aromatic rings. The van der Waals surface area contributed by atoms with Crippen LogP contribution in [-0.4, -0.2) is 12.4 Å². The first-order valence-corrected chi connectivity index (χ1v) is 10.7. The van der Waals surface area contributed by atoms with Gasteiger partial charge in [-0.2, -0.15) is 0 Å². The molecule has 0 saturated carbocycles. The van der Waals surface area contributed by atoms with Gasteiger partial charge in [-0.05, 0) is 90.3 Å². The SMILES string of the molecule is Nc1ccc(Oc2ccc(NC(=O)Nc3ccc(Cc4ccc(NC=O)cc4)cc3)cc2)cc1. The number of nitrogens with one attached hydrogen (secondary N) is 3. The fraction of sp³-hybridized carbons (Fsp3) is 0.0370. The Balaban J connectivity index is 1.27. The lowest BCUT2D eigenvalue weighted by Crippen LogP contribution is -2.19. The number of rotatable bonds is 8. The lowest BCUT2D eigenvalue weighted by atomic mass is 10.0. The molecule has 34 heavy (non-hydrogen) atoms. The number of hydrogen-bond donors (Lipinski definition) is 4. The minimum atomic E-state index is -0.335. The standard InChI is InChI=1S/C27H24N4O3/c28-21-5-13-25(14-6-21)34-26-15-11-24(12-16-26)31-27(33)30-23-9-3-20(4-10-23)17-19-1-7-22(8-2-19)29-18-32/h1-16,18H,17,28H2,(H,29,32)(H2,30,31,33). The van der Waals surface area contributed by atoms with E-state index in [0.717, 1.165) is 23.2 Å². The Kier molecular flexibility index (Phi) is 7.05. The van der Waals surface area contributed by atoms with Crippen LogP contribution in [-0.2, 0) is 11.2 Å². The van der Waals surface area contributed by atoms with Crippen molar-refractivity contribution < 1.29 is 14.3 Å². The van der Waals surface area contributed by atoms with Crippen LogP contribution in [0.1, 0.15) is 11.1 Å². The van der Waals surface area contributed by atoms with Crippen LogP contribution in [0.25, 0.3) is 0 Å². The molecule has 0 aliphatic carbocycles. The smallest absolute Gasteiger partial charge is 0.323 e. The molecule has 170 valence electrons. The van der Waals surface area contributed by atoms with Crippen molar-refractivity contribution in [2.45, 2.75) is 6.42 Å². The summed E-state index contributed by atoms with van der Waals surface area (Å²) in [5.74, 6) is 1.34. The highest BCUT2D eigenvalue weighted by Crippen LogP contribution is 2.24. The number of carbonyl (C=O) groups excluding carboxylic acids is 2. The van der Waals surface area contributed by atoms with E-state index in [1.807, 2.05) is 48.5 Å². The first-order valence-electron chi connectivity index (χ1n) is 10.7. The zero-order chi connectivity index (χ0) is 23.8. The van der Waals surface area contributed by atoms with Crippen molar-refractivity contribution in [3.8, 4) is 11.5 Å². The summed E-state index contributed by atoms with van der Waals surface area (Å²) in [5, 5.41) is 8.25. The molecule has 0 aromatic heterocycles. The number of carbonyl (C=O) groups is 2. The van der Waals surface area contributed by atoms with Gasteiger partial charge < -0.3 is 26.4 Å². The summed E-state index contributed by atoms with van der Waals surface area (Å²) < 4.78 is 5.76. The van der Waals surface area contributed by atoms with Crippen LogP contribution in [0.15, 0.2) is 97.1 Å². The highest BCUT2D eigenvalue weighted by molar-refractivity contribution is 5.99. The maximum absolute atomic E-state index is 12.4. The molecule has 0 bridgehead atoms. The van der Waals surface area contributed by atoms with Gasteiger partial charge in [-0.1, -0.05) is 24.3 Å². The Labute approximate surface area is 197 Å². The Hall–Kier alpha value is -4.78. The molecule has 0 unspecified atom stereocenters. The third kappa shape index (κ3) is 6.37. The second kappa shape index (κ2) is 10.7. The lowest BCUT2D eigenvalue weighted by molar-refractivity contribution is -0.105. The molecule has 4 aromatic carbocycles. The van der Waals surface area contributed by atoms with Gasteiger partial charge in [0.05, 0.1) is 0 Å². The Morgan fingerprint density at radius 2 is 1.12 bits per heavy atom. The highest BCUT2D eigenvalue weighted by Gasteiger charge is 2.05. The van der Waals surface area contributed by atoms with Gasteiger partial charge in [0.15, 0.2) is 0 Å². The third-order valence-electron chi connectivity index (χ3n) is 5.03. The number of nitrogen functional groups attached to an aromatic ring is 1. The third-order valence-corrected chi connectivity index (χ3v) is 5.03. The topological polar surface area (TPSA) is 105 Å². The normalized spacial score (nSPS) is 10.2. The Bertz CT molecular complexity index is 1240. The summed E-state index contributed by atoms with van der Waals surface area (Å²) in [5.41, 5.74) is 10.7. The molecule has 0 saturated heterocycles. The lowest BCUT2D eigenvalue weighted by Gasteiger charge is -2.10. The van der Waals surface area contributed by atoms with Crippen molar-refractivity contribution >= 4 is 35.2 Å². The summed E-state index contributed by atoms with van der Waals surface area (Å²) >= 11 is 0. The molecular weight excluding hydrogens is 428 g/mol. The number of hydrogen-bond acceptors (Lipinski definition) is 4. The van der Waals surface area contributed by atoms with Gasteiger partial charge in [0, 0.05) is 22.7 Å². The second-order valence-electron chi connectivity index (χ2n) is 7.61. The van der Waals surface area contributed by atoms with Gasteiger partial charge in [-0.15, -0.1) is 0 Å². The van der Waals surface area contributed by atoms with E-state index in [1.54, 1.807) is 48.5 Å². The number of urea groups is 1. The van der Waals surface area contributed by atoms with Gasteiger partial charge in [-0.25, -0.2) is 4.79 Å². The number of benzene rings is 4. The molecule has 0 atom stereocenters. The van der Waals surface area contributed by atoms with E-state index in [1.165, 1.54) is 0 Å². The van der Waals surface area contributed by atoms with E-state index in [9.17, 15) is 9.59 Å². The molecule has 4 rings (SSSR count). The summed E-state index contributed by atoms with van der Waals surface area (Å²) in [6.45, 7) is 0. The molecule has 0 fully saturated rings. The largest absolute Gasteiger partial charge is 0.457 e. The molecule has 0 spiro atoms. The first-order chi connectivity index (χ1) is 16.6. The summed E-state index contributed by atoms with van der Waals surface area (Å²) in [6, 6.07) is 29.2. The Morgan fingerprint density at radius 1 is 0.676 bits per heavy atom. The van der Waals surface area contributed by atoms with E-state index >= 15 is 0 Å². The van der Waals surface area contributed by atoms with E-state index in [-0.39, 0.29) is 6.03 Å².